The van der Waals surface area contributed by atoms with Crippen molar-refractivity contribution >= 4 is 17.9 Å². The van der Waals surface area contributed by atoms with Crippen LogP contribution >= 0.6 is 0 Å². The van der Waals surface area contributed by atoms with Crippen molar-refractivity contribution in [2.24, 2.45) is 0 Å². The van der Waals surface area contributed by atoms with Crippen molar-refractivity contribution in [2.75, 3.05) is 13.2 Å². The molecule has 0 aromatic carbocycles. The van der Waals surface area contributed by atoms with Crippen molar-refractivity contribution in [1.82, 2.24) is 0 Å². The quantitative estimate of drug-likeness (QED) is 0.0199. The van der Waals surface area contributed by atoms with Crippen LogP contribution in [0.3, 0.4) is 0 Å². The number of ether oxygens (including phenoxy) is 3. The zero-order valence-corrected chi connectivity index (χ0v) is 46.3. The third-order valence-corrected chi connectivity index (χ3v) is 13.6. The summed E-state index contributed by atoms with van der Waals surface area (Å²) in [5.74, 6) is -0.874. The van der Waals surface area contributed by atoms with Crippen molar-refractivity contribution < 1.29 is 28.6 Å². The molecule has 69 heavy (non-hydrogen) atoms. The van der Waals surface area contributed by atoms with Gasteiger partial charge in [-0.1, -0.05) is 276 Å². The first-order valence-electron chi connectivity index (χ1n) is 30.5. The average Bonchev–Trinajstić information content (AvgIpc) is 3.35. The first-order chi connectivity index (χ1) is 34.0. The first-order valence-corrected chi connectivity index (χ1v) is 30.5. The molecule has 0 saturated carbocycles. The molecule has 1 atom stereocenters. The third kappa shape index (κ3) is 56.4. The standard InChI is InChI=1S/C63H116O6/c1-4-7-10-13-16-19-22-25-28-31-33-35-38-41-44-47-50-53-56-62(65)68-59-60(58-67-61(64)55-52-49-46-43-40-37-34-30-27-24-21-18-15-12-9-6-3)69-63(66)57-54-51-48-45-42-39-36-32-29-26-23-20-17-14-11-8-5-2/h26,28-29,31,33,35,60H,4-25,27,30,32,34,36-59H2,1-3H3/b29-26-,31-28-,35-33-. The minimum atomic E-state index is -0.778. The van der Waals surface area contributed by atoms with Gasteiger partial charge in [-0.2, -0.15) is 0 Å². The Morgan fingerprint density at radius 3 is 0.812 bits per heavy atom. The summed E-state index contributed by atoms with van der Waals surface area (Å²) < 4.78 is 16.9. The second kappa shape index (κ2) is 58.2. The molecule has 1 unspecified atom stereocenters. The number of carbonyl (C=O) groups excluding carboxylic acids is 3. The van der Waals surface area contributed by atoms with Crippen LogP contribution in [0.1, 0.15) is 329 Å². The van der Waals surface area contributed by atoms with Gasteiger partial charge in [-0.15, -0.1) is 0 Å². The van der Waals surface area contributed by atoms with Crippen LogP contribution in [-0.4, -0.2) is 37.2 Å². The third-order valence-electron chi connectivity index (χ3n) is 13.6. The SMILES string of the molecule is CCCCCCCC/C=C\CCCCCCCCCC(=O)OC(COC(=O)CCCCCCC/C=C\C=C/CCCCCCCCC)COC(=O)CCCCCCCCCCCCCCCCCC. The van der Waals surface area contributed by atoms with Crippen LogP contribution in [0.4, 0.5) is 0 Å². The van der Waals surface area contributed by atoms with E-state index in [4.69, 9.17) is 14.2 Å². The number of rotatable bonds is 56. The minimum Gasteiger partial charge on any atom is -0.462 e. The van der Waals surface area contributed by atoms with Crippen LogP contribution in [0.15, 0.2) is 36.5 Å². The molecule has 6 nitrogen and oxygen atoms in total. The maximum atomic E-state index is 12.9. The van der Waals surface area contributed by atoms with Crippen LogP contribution in [0.25, 0.3) is 0 Å². The van der Waals surface area contributed by atoms with Gasteiger partial charge in [0, 0.05) is 19.3 Å². The van der Waals surface area contributed by atoms with E-state index in [2.05, 4.69) is 57.2 Å². The summed E-state index contributed by atoms with van der Waals surface area (Å²) in [4.78, 5) is 38.2. The Kier molecular flexibility index (Phi) is 56.2. The summed E-state index contributed by atoms with van der Waals surface area (Å²) in [6.07, 6.45) is 69.9. The highest BCUT2D eigenvalue weighted by Crippen LogP contribution is 2.17. The van der Waals surface area contributed by atoms with Crippen LogP contribution in [0.5, 0.6) is 0 Å². The predicted octanol–water partition coefficient (Wildman–Crippen LogP) is 20.4. The van der Waals surface area contributed by atoms with Crippen LogP contribution in [-0.2, 0) is 28.6 Å². The van der Waals surface area contributed by atoms with Gasteiger partial charge in [0.05, 0.1) is 0 Å². The molecule has 0 fully saturated rings. The van der Waals surface area contributed by atoms with E-state index >= 15 is 0 Å². The second-order valence-electron chi connectivity index (χ2n) is 20.6. The lowest BCUT2D eigenvalue weighted by atomic mass is 10.0. The van der Waals surface area contributed by atoms with E-state index in [9.17, 15) is 14.4 Å². The van der Waals surface area contributed by atoms with Crippen LogP contribution in [0, 0.1) is 0 Å². The number of hydrogen-bond donors (Lipinski definition) is 0. The molecule has 0 aliphatic carbocycles. The zero-order chi connectivity index (χ0) is 50.0. The topological polar surface area (TPSA) is 78.9 Å². The molecule has 6 heteroatoms. The van der Waals surface area contributed by atoms with Crippen molar-refractivity contribution in [2.45, 2.75) is 335 Å². The van der Waals surface area contributed by atoms with Crippen molar-refractivity contribution in [3.63, 3.8) is 0 Å². The first kappa shape index (κ1) is 66.6. The Bertz CT molecular complexity index is 1160. The molecule has 0 heterocycles. The molecular weight excluding hydrogens is 853 g/mol. The molecule has 0 aromatic heterocycles. The highest BCUT2D eigenvalue weighted by molar-refractivity contribution is 5.71. The predicted molar refractivity (Wildman–Crippen MR) is 298 cm³/mol. The highest BCUT2D eigenvalue weighted by atomic mass is 16.6. The fourth-order valence-corrected chi connectivity index (χ4v) is 9.02. The summed E-state index contributed by atoms with van der Waals surface area (Å²) in [6.45, 7) is 6.67. The lowest BCUT2D eigenvalue weighted by molar-refractivity contribution is -0.167. The Hall–Kier alpha value is -2.37. The smallest absolute Gasteiger partial charge is 0.306 e. The molecular formula is C63H116O6. The maximum absolute atomic E-state index is 12.9. The number of esters is 3. The molecule has 0 bridgehead atoms. The number of carbonyl (C=O) groups is 3. The van der Waals surface area contributed by atoms with Gasteiger partial charge in [0.2, 0.25) is 0 Å². The molecule has 0 saturated heterocycles. The van der Waals surface area contributed by atoms with Gasteiger partial charge in [0.1, 0.15) is 13.2 Å². The summed E-state index contributed by atoms with van der Waals surface area (Å²) in [7, 11) is 0. The minimum absolute atomic E-state index is 0.0750. The van der Waals surface area contributed by atoms with Gasteiger partial charge in [-0.3, -0.25) is 14.4 Å². The Morgan fingerprint density at radius 1 is 0.290 bits per heavy atom. The van der Waals surface area contributed by atoms with E-state index < -0.39 is 6.10 Å². The molecule has 0 N–H and O–H groups in total. The van der Waals surface area contributed by atoms with Gasteiger partial charge in [0.15, 0.2) is 6.10 Å². The number of allylic oxidation sites excluding steroid dienone is 6. The summed E-state index contributed by atoms with van der Waals surface area (Å²) in [5, 5.41) is 0. The summed E-state index contributed by atoms with van der Waals surface area (Å²) in [6, 6.07) is 0. The normalized spacial score (nSPS) is 12.2. The zero-order valence-electron chi connectivity index (χ0n) is 46.3. The molecule has 0 amide bonds. The Balaban J connectivity index is 4.37. The van der Waals surface area contributed by atoms with E-state index in [1.54, 1.807) is 0 Å². The largest absolute Gasteiger partial charge is 0.462 e. The lowest BCUT2D eigenvalue weighted by Crippen LogP contribution is -2.30. The van der Waals surface area contributed by atoms with E-state index in [0.29, 0.717) is 19.3 Å². The van der Waals surface area contributed by atoms with Gasteiger partial charge in [0.25, 0.3) is 0 Å². The Morgan fingerprint density at radius 2 is 0.522 bits per heavy atom. The van der Waals surface area contributed by atoms with E-state index in [1.807, 2.05) is 0 Å². The van der Waals surface area contributed by atoms with E-state index in [0.717, 1.165) is 77.0 Å². The van der Waals surface area contributed by atoms with Gasteiger partial charge < -0.3 is 14.2 Å². The molecule has 0 rings (SSSR count). The summed E-state index contributed by atoms with van der Waals surface area (Å²) >= 11 is 0. The molecule has 0 spiro atoms. The summed E-state index contributed by atoms with van der Waals surface area (Å²) in [5.41, 5.74) is 0. The molecule has 0 aromatic rings. The lowest BCUT2D eigenvalue weighted by Gasteiger charge is -2.18. The van der Waals surface area contributed by atoms with Gasteiger partial charge in [-0.25, -0.2) is 0 Å². The number of unbranched alkanes of at least 4 members (excludes halogenated alkanes) is 40. The second-order valence-corrected chi connectivity index (χ2v) is 20.6. The molecule has 0 radical (unpaired) electrons. The van der Waals surface area contributed by atoms with Gasteiger partial charge in [-0.05, 0) is 70.6 Å². The van der Waals surface area contributed by atoms with E-state index in [1.165, 1.54) is 212 Å². The molecule has 404 valence electrons. The highest BCUT2D eigenvalue weighted by Gasteiger charge is 2.19. The van der Waals surface area contributed by atoms with Crippen LogP contribution < -0.4 is 0 Å². The molecule has 0 aliphatic rings. The van der Waals surface area contributed by atoms with Gasteiger partial charge >= 0.3 is 17.9 Å². The van der Waals surface area contributed by atoms with Crippen molar-refractivity contribution in [3.05, 3.63) is 36.5 Å². The number of hydrogen-bond acceptors (Lipinski definition) is 6. The Labute approximate surface area is 429 Å². The van der Waals surface area contributed by atoms with Crippen LogP contribution in [0.2, 0.25) is 0 Å². The fraction of sp³-hybridized carbons (Fsp3) is 0.857. The van der Waals surface area contributed by atoms with Crippen molar-refractivity contribution in [3.8, 4) is 0 Å². The maximum Gasteiger partial charge on any atom is 0.306 e. The fourth-order valence-electron chi connectivity index (χ4n) is 9.02. The monoisotopic (exact) mass is 969 g/mol. The van der Waals surface area contributed by atoms with E-state index in [-0.39, 0.29) is 31.1 Å². The average molecular weight is 970 g/mol. The van der Waals surface area contributed by atoms with Crippen molar-refractivity contribution in [1.29, 1.82) is 0 Å². The molecule has 0 aliphatic heterocycles.